The Morgan fingerprint density at radius 3 is 2.69 bits per heavy atom. The maximum atomic E-state index is 12.0. The van der Waals surface area contributed by atoms with E-state index in [2.05, 4.69) is 26.3 Å². The lowest BCUT2D eigenvalue weighted by atomic mass is 9.80. The molecule has 2 aliphatic heterocycles. The molecule has 6 heteroatoms. The van der Waals surface area contributed by atoms with Crippen LogP contribution in [0.15, 0.2) is 42.7 Å². The van der Waals surface area contributed by atoms with E-state index in [1.807, 2.05) is 31.2 Å². The molecule has 0 aliphatic carbocycles. The second kappa shape index (κ2) is 6.94. The number of anilines is 1. The highest BCUT2D eigenvalue weighted by atomic mass is 16.5. The molecule has 1 saturated heterocycles. The predicted octanol–water partition coefficient (Wildman–Crippen LogP) is 2.87. The molecule has 2 aliphatic rings. The van der Waals surface area contributed by atoms with Crippen LogP contribution in [0.3, 0.4) is 0 Å². The fraction of sp³-hybridized carbons (Fsp3) is 0.450. The van der Waals surface area contributed by atoms with Crippen LogP contribution in [0.25, 0.3) is 0 Å². The molecule has 1 atom stereocenters. The first-order valence-corrected chi connectivity index (χ1v) is 9.28. The molecule has 1 N–H and O–H groups in total. The predicted molar refractivity (Wildman–Crippen MR) is 99.1 cm³/mol. The van der Waals surface area contributed by atoms with Gasteiger partial charge < -0.3 is 15.0 Å². The van der Waals surface area contributed by atoms with E-state index in [1.165, 1.54) is 0 Å². The Kier molecular flexibility index (Phi) is 4.49. The van der Waals surface area contributed by atoms with E-state index in [1.54, 1.807) is 12.4 Å². The molecule has 4 rings (SSSR count). The fourth-order valence-electron chi connectivity index (χ4n) is 3.92. The highest BCUT2D eigenvalue weighted by molar-refractivity contribution is 5.76. The number of carbonyl (C=O) groups excluding carboxylic acids is 1. The van der Waals surface area contributed by atoms with Crippen LogP contribution in [0.4, 0.5) is 5.95 Å². The first kappa shape index (κ1) is 16.8. The lowest BCUT2D eigenvalue weighted by Gasteiger charge is -2.47. The third kappa shape index (κ3) is 3.23. The van der Waals surface area contributed by atoms with Crippen LogP contribution < -0.4 is 15.0 Å². The van der Waals surface area contributed by atoms with Crippen molar-refractivity contribution in [2.24, 2.45) is 0 Å². The van der Waals surface area contributed by atoms with Gasteiger partial charge in [0.1, 0.15) is 11.4 Å². The highest BCUT2D eigenvalue weighted by Gasteiger charge is 2.43. The first-order valence-electron chi connectivity index (χ1n) is 9.28. The molecule has 1 spiro atoms. The summed E-state index contributed by atoms with van der Waals surface area (Å²) in [5.41, 5.74) is 0.833. The molecule has 6 nitrogen and oxygen atoms in total. The van der Waals surface area contributed by atoms with Gasteiger partial charge in [-0.1, -0.05) is 25.1 Å². The fourth-order valence-corrected chi connectivity index (χ4v) is 3.92. The quantitative estimate of drug-likeness (QED) is 0.920. The molecule has 0 unspecified atom stereocenters. The summed E-state index contributed by atoms with van der Waals surface area (Å²) in [4.78, 5) is 22.9. The largest absolute Gasteiger partial charge is 0.487 e. The molecule has 0 radical (unpaired) electrons. The molecule has 1 aromatic carbocycles. The number of hydrogen-bond acceptors (Lipinski definition) is 5. The van der Waals surface area contributed by atoms with Crippen molar-refractivity contribution >= 4 is 11.9 Å². The van der Waals surface area contributed by atoms with Gasteiger partial charge in [-0.3, -0.25) is 4.79 Å². The van der Waals surface area contributed by atoms with Crippen molar-refractivity contribution < 1.29 is 9.53 Å². The number of para-hydroxylation sites is 1. The Balaban J connectivity index is 1.53. The summed E-state index contributed by atoms with van der Waals surface area (Å²) in [6.07, 6.45) is 6.62. The van der Waals surface area contributed by atoms with Crippen molar-refractivity contribution in [1.82, 2.24) is 15.3 Å². The van der Waals surface area contributed by atoms with Crippen LogP contribution in [0, 0.1) is 0 Å². The Morgan fingerprint density at radius 2 is 1.96 bits per heavy atom. The lowest BCUT2D eigenvalue weighted by molar-refractivity contribution is -0.122. The van der Waals surface area contributed by atoms with Crippen LogP contribution in [-0.2, 0) is 4.79 Å². The van der Waals surface area contributed by atoms with Gasteiger partial charge in [0, 0.05) is 56.7 Å². The zero-order chi connectivity index (χ0) is 18.0. The molecule has 0 bridgehead atoms. The maximum absolute atomic E-state index is 12.0. The van der Waals surface area contributed by atoms with Crippen molar-refractivity contribution in [2.45, 2.75) is 44.2 Å². The molecule has 1 aromatic heterocycles. The van der Waals surface area contributed by atoms with Gasteiger partial charge in [0.2, 0.25) is 11.9 Å². The van der Waals surface area contributed by atoms with E-state index in [0.29, 0.717) is 6.42 Å². The summed E-state index contributed by atoms with van der Waals surface area (Å²) in [5, 5.41) is 3.18. The number of aromatic nitrogens is 2. The number of nitrogens with zero attached hydrogens (tertiary/aromatic N) is 3. The summed E-state index contributed by atoms with van der Waals surface area (Å²) in [6.45, 7) is 3.58. The van der Waals surface area contributed by atoms with Crippen molar-refractivity contribution in [3.8, 4) is 5.75 Å². The van der Waals surface area contributed by atoms with Crippen LogP contribution in [0.2, 0.25) is 0 Å². The number of piperidine rings is 1. The zero-order valence-corrected chi connectivity index (χ0v) is 15.0. The van der Waals surface area contributed by atoms with Gasteiger partial charge in [-0.05, 0) is 12.1 Å². The Hall–Kier alpha value is -2.63. The average Bonchev–Trinajstić information content (AvgIpc) is 2.69. The molecule has 3 heterocycles. The number of ether oxygens (including phenoxy) is 1. The van der Waals surface area contributed by atoms with E-state index < -0.39 is 0 Å². The van der Waals surface area contributed by atoms with Gasteiger partial charge in [0.15, 0.2) is 0 Å². The number of benzene rings is 1. The number of fused-ring (bicyclic) bond motifs is 1. The molecule has 0 saturated carbocycles. The van der Waals surface area contributed by atoms with Crippen molar-refractivity contribution in [2.75, 3.05) is 18.0 Å². The van der Waals surface area contributed by atoms with Gasteiger partial charge in [0.05, 0.1) is 6.04 Å². The molecule has 1 amide bonds. The van der Waals surface area contributed by atoms with Crippen LogP contribution in [-0.4, -0.2) is 34.6 Å². The van der Waals surface area contributed by atoms with Crippen molar-refractivity contribution in [3.05, 3.63) is 48.3 Å². The van der Waals surface area contributed by atoms with Gasteiger partial charge in [0.25, 0.3) is 0 Å². The van der Waals surface area contributed by atoms with E-state index in [4.69, 9.17) is 4.74 Å². The molecular weight excluding hydrogens is 328 g/mol. The summed E-state index contributed by atoms with van der Waals surface area (Å²) in [7, 11) is 0. The first-order chi connectivity index (χ1) is 12.7. The SMILES string of the molecule is CCC(=O)N[C@H]1CC2(CCN(c3ncccn3)CC2)Oc2ccccc21. The summed E-state index contributed by atoms with van der Waals surface area (Å²) < 4.78 is 6.47. The topological polar surface area (TPSA) is 67.4 Å². The average molecular weight is 352 g/mol. The zero-order valence-electron chi connectivity index (χ0n) is 15.0. The smallest absolute Gasteiger partial charge is 0.225 e. The van der Waals surface area contributed by atoms with Crippen LogP contribution >= 0.6 is 0 Å². The number of rotatable bonds is 3. The summed E-state index contributed by atoms with van der Waals surface area (Å²) >= 11 is 0. The second-order valence-corrected chi connectivity index (χ2v) is 7.04. The number of amides is 1. The van der Waals surface area contributed by atoms with Crippen LogP contribution in [0.1, 0.15) is 44.2 Å². The third-order valence-corrected chi connectivity index (χ3v) is 5.36. The van der Waals surface area contributed by atoms with Gasteiger partial charge in [-0.15, -0.1) is 0 Å². The highest BCUT2D eigenvalue weighted by Crippen LogP contribution is 2.44. The van der Waals surface area contributed by atoms with E-state index in [9.17, 15) is 4.79 Å². The van der Waals surface area contributed by atoms with Crippen molar-refractivity contribution in [1.29, 1.82) is 0 Å². The molecule has 1 fully saturated rings. The van der Waals surface area contributed by atoms with E-state index in [0.717, 1.165) is 49.6 Å². The molecule has 26 heavy (non-hydrogen) atoms. The standard InChI is InChI=1S/C20H24N4O2/c1-2-18(25)23-16-14-20(26-17-7-4-3-6-15(16)17)8-12-24(13-9-20)19-21-10-5-11-22-19/h3-7,10-11,16H,2,8-9,12-14H2,1H3,(H,23,25)/t16-/m0/s1. The Bertz CT molecular complexity index is 772. The maximum Gasteiger partial charge on any atom is 0.225 e. The van der Waals surface area contributed by atoms with Crippen LogP contribution in [0.5, 0.6) is 5.75 Å². The minimum absolute atomic E-state index is 0.00641. The van der Waals surface area contributed by atoms with E-state index >= 15 is 0 Å². The summed E-state index contributed by atoms with van der Waals surface area (Å²) in [6, 6.07) is 9.89. The minimum Gasteiger partial charge on any atom is -0.487 e. The molecule has 136 valence electrons. The normalized spacial score (nSPS) is 21.0. The second-order valence-electron chi connectivity index (χ2n) is 7.04. The number of carbonyl (C=O) groups is 1. The van der Waals surface area contributed by atoms with Crippen molar-refractivity contribution in [3.63, 3.8) is 0 Å². The van der Waals surface area contributed by atoms with Gasteiger partial charge in [-0.2, -0.15) is 0 Å². The Morgan fingerprint density at radius 1 is 1.23 bits per heavy atom. The molecule has 2 aromatic rings. The van der Waals surface area contributed by atoms with Gasteiger partial charge in [-0.25, -0.2) is 9.97 Å². The monoisotopic (exact) mass is 352 g/mol. The van der Waals surface area contributed by atoms with E-state index in [-0.39, 0.29) is 17.6 Å². The number of hydrogen-bond donors (Lipinski definition) is 1. The minimum atomic E-state index is -0.245. The van der Waals surface area contributed by atoms with Gasteiger partial charge >= 0.3 is 0 Å². The lowest BCUT2D eigenvalue weighted by Crippen LogP contribution is -2.52. The summed E-state index contributed by atoms with van der Waals surface area (Å²) in [5.74, 6) is 1.75. The molecular formula is C20H24N4O2. The third-order valence-electron chi connectivity index (χ3n) is 5.36. The Labute approximate surface area is 153 Å². The number of nitrogens with one attached hydrogen (secondary N) is 1.